The van der Waals surface area contributed by atoms with Gasteiger partial charge in [-0.2, -0.15) is 0 Å². The number of carbonyl (C=O) groups excluding carboxylic acids is 2. The van der Waals surface area contributed by atoms with E-state index in [1.165, 1.54) is 18.2 Å². The molecule has 2 N–H and O–H groups in total. The van der Waals surface area contributed by atoms with Crippen molar-refractivity contribution in [2.75, 3.05) is 11.9 Å². The molecule has 1 amide bonds. The first-order valence-electron chi connectivity index (χ1n) is 7.03. The minimum Gasteiger partial charge on any atom is -0.451 e. The zero-order valence-corrected chi connectivity index (χ0v) is 13.1. The minimum atomic E-state index is -0.745. The summed E-state index contributed by atoms with van der Waals surface area (Å²) in [4.78, 5) is 26.7. The lowest BCUT2D eigenvalue weighted by molar-refractivity contribution is -0.119. The van der Waals surface area contributed by atoms with E-state index in [9.17, 15) is 14.0 Å². The van der Waals surface area contributed by atoms with Crippen LogP contribution in [0.1, 0.15) is 10.5 Å². The van der Waals surface area contributed by atoms with Crippen LogP contribution in [0.4, 0.5) is 10.1 Å². The molecule has 2 aromatic carbocycles. The van der Waals surface area contributed by atoms with Gasteiger partial charge in [0, 0.05) is 16.6 Å². The van der Waals surface area contributed by atoms with Crippen molar-refractivity contribution in [1.82, 2.24) is 4.98 Å². The predicted molar refractivity (Wildman–Crippen MR) is 88.6 cm³/mol. The van der Waals surface area contributed by atoms with Gasteiger partial charge in [-0.3, -0.25) is 4.79 Å². The number of hydrogen-bond donors (Lipinski definition) is 2. The highest BCUT2D eigenvalue weighted by atomic mass is 35.5. The van der Waals surface area contributed by atoms with Gasteiger partial charge in [0.1, 0.15) is 11.5 Å². The lowest BCUT2D eigenvalue weighted by atomic mass is 10.2. The first-order chi connectivity index (χ1) is 11.5. The van der Waals surface area contributed by atoms with Crippen LogP contribution in [-0.2, 0) is 9.53 Å². The second-order valence-corrected chi connectivity index (χ2v) is 5.37. The highest BCUT2D eigenvalue weighted by Crippen LogP contribution is 2.27. The highest BCUT2D eigenvalue weighted by molar-refractivity contribution is 6.38. The van der Waals surface area contributed by atoms with Crippen LogP contribution in [0.15, 0.2) is 48.5 Å². The average Bonchev–Trinajstić information content (AvgIpc) is 2.90. The molecule has 0 fully saturated rings. The number of hydrogen-bond acceptors (Lipinski definition) is 3. The summed E-state index contributed by atoms with van der Waals surface area (Å²) in [5, 5.41) is 3.36. The molecule has 1 aromatic heterocycles. The summed E-state index contributed by atoms with van der Waals surface area (Å²) in [5.74, 6) is -1.80. The van der Waals surface area contributed by atoms with E-state index in [2.05, 4.69) is 10.3 Å². The first-order valence-corrected chi connectivity index (χ1v) is 7.41. The molecule has 0 bridgehead atoms. The van der Waals surface area contributed by atoms with Crippen LogP contribution < -0.4 is 5.32 Å². The molecule has 0 saturated carbocycles. The number of para-hydroxylation sites is 1. The van der Waals surface area contributed by atoms with Crippen molar-refractivity contribution < 1.29 is 18.7 Å². The third kappa shape index (κ3) is 3.38. The van der Waals surface area contributed by atoms with Gasteiger partial charge in [0.15, 0.2) is 6.61 Å². The number of H-pyrrole nitrogens is 1. The third-order valence-corrected chi connectivity index (χ3v) is 3.68. The third-order valence-electron chi connectivity index (χ3n) is 3.29. The minimum absolute atomic E-state index is 0.0800. The second kappa shape index (κ2) is 6.72. The largest absolute Gasteiger partial charge is 0.451 e. The molecule has 5 nitrogen and oxygen atoms in total. The predicted octanol–water partition coefficient (Wildman–Crippen LogP) is 3.76. The SMILES string of the molecule is O=C(COC(=O)c1[nH]c2ccccc2c1Cl)Nc1cccc(F)c1. The van der Waals surface area contributed by atoms with Crippen molar-refractivity contribution in [3.8, 4) is 0 Å². The number of ether oxygens (including phenoxy) is 1. The summed E-state index contributed by atoms with van der Waals surface area (Å²) >= 11 is 6.14. The summed E-state index contributed by atoms with van der Waals surface area (Å²) in [7, 11) is 0. The van der Waals surface area contributed by atoms with Crippen LogP contribution in [0.2, 0.25) is 5.02 Å². The van der Waals surface area contributed by atoms with Gasteiger partial charge in [0.05, 0.1) is 5.02 Å². The van der Waals surface area contributed by atoms with E-state index in [1.807, 2.05) is 0 Å². The molecule has 0 unspecified atom stereocenters. The lowest BCUT2D eigenvalue weighted by Gasteiger charge is -2.06. The van der Waals surface area contributed by atoms with Gasteiger partial charge >= 0.3 is 5.97 Å². The van der Waals surface area contributed by atoms with Crippen LogP contribution >= 0.6 is 11.6 Å². The van der Waals surface area contributed by atoms with Crippen molar-refractivity contribution in [2.24, 2.45) is 0 Å². The van der Waals surface area contributed by atoms with Gasteiger partial charge in [-0.15, -0.1) is 0 Å². The van der Waals surface area contributed by atoms with E-state index in [0.717, 1.165) is 6.07 Å². The van der Waals surface area contributed by atoms with Crippen molar-refractivity contribution in [3.05, 3.63) is 65.1 Å². The number of esters is 1. The topological polar surface area (TPSA) is 71.2 Å². The number of carbonyl (C=O) groups is 2. The van der Waals surface area contributed by atoms with Crippen molar-refractivity contribution in [3.63, 3.8) is 0 Å². The molecule has 0 aliphatic carbocycles. The molecule has 0 aliphatic heterocycles. The van der Waals surface area contributed by atoms with Gasteiger partial charge in [-0.25, -0.2) is 9.18 Å². The van der Waals surface area contributed by atoms with Gasteiger partial charge in [0.25, 0.3) is 5.91 Å². The van der Waals surface area contributed by atoms with E-state index in [1.54, 1.807) is 24.3 Å². The van der Waals surface area contributed by atoms with Gasteiger partial charge in [-0.1, -0.05) is 35.9 Å². The fraction of sp³-hybridized carbons (Fsp3) is 0.0588. The summed E-state index contributed by atoms with van der Waals surface area (Å²) < 4.78 is 18.0. The van der Waals surface area contributed by atoms with Crippen LogP contribution in [-0.4, -0.2) is 23.5 Å². The van der Waals surface area contributed by atoms with Crippen LogP contribution in [0.3, 0.4) is 0 Å². The summed E-state index contributed by atoms with van der Waals surface area (Å²) in [6, 6.07) is 12.5. The fourth-order valence-corrected chi connectivity index (χ4v) is 2.50. The Morgan fingerprint density at radius 2 is 1.96 bits per heavy atom. The Morgan fingerprint density at radius 3 is 2.71 bits per heavy atom. The van der Waals surface area contributed by atoms with Crippen LogP contribution in [0, 0.1) is 5.82 Å². The molecule has 0 saturated heterocycles. The van der Waals surface area contributed by atoms with Crippen LogP contribution in [0.25, 0.3) is 10.9 Å². The number of rotatable bonds is 4. The normalized spacial score (nSPS) is 10.6. The van der Waals surface area contributed by atoms with Crippen molar-refractivity contribution >= 4 is 40.1 Å². The van der Waals surface area contributed by atoms with Gasteiger partial charge < -0.3 is 15.0 Å². The molecule has 24 heavy (non-hydrogen) atoms. The number of anilines is 1. The Balaban J connectivity index is 1.64. The molecule has 0 aliphatic rings. The Labute approximate surface area is 141 Å². The second-order valence-electron chi connectivity index (χ2n) is 4.99. The maximum atomic E-state index is 13.0. The molecule has 7 heteroatoms. The fourth-order valence-electron chi connectivity index (χ4n) is 2.21. The number of halogens is 2. The van der Waals surface area contributed by atoms with E-state index in [0.29, 0.717) is 10.9 Å². The Bertz CT molecular complexity index is 923. The first kappa shape index (κ1) is 16.0. The highest BCUT2D eigenvalue weighted by Gasteiger charge is 2.18. The lowest BCUT2D eigenvalue weighted by Crippen LogP contribution is -2.21. The quantitative estimate of drug-likeness (QED) is 0.707. The number of fused-ring (bicyclic) bond motifs is 1. The standard InChI is InChI=1S/C17H12ClFN2O3/c18-15-12-6-1-2-7-13(12)21-16(15)17(23)24-9-14(22)20-11-5-3-4-10(19)8-11/h1-8,21H,9H2,(H,20,22). The van der Waals surface area contributed by atoms with Gasteiger partial charge in [0.2, 0.25) is 0 Å². The smallest absolute Gasteiger partial charge is 0.356 e. The maximum Gasteiger partial charge on any atom is 0.356 e. The molecule has 3 aromatic rings. The summed E-state index contributed by atoms with van der Waals surface area (Å²) in [6.07, 6.45) is 0. The number of aromatic amines is 1. The van der Waals surface area contributed by atoms with Gasteiger partial charge in [-0.05, 0) is 24.3 Å². The Kier molecular flexibility index (Phi) is 4.48. The zero-order valence-electron chi connectivity index (χ0n) is 12.3. The summed E-state index contributed by atoms with van der Waals surface area (Å²) in [5.41, 5.74) is 1.05. The maximum absolute atomic E-state index is 13.0. The molecule has 0 spiro atoms. The van der Waals surface area contributed by atoms with E-state index < -0.39 is 24.3 Å². The molecule has 122 valence electrons. The molecular weight excluding hydrogens is 335 g/mol. The molecule has 0 atom stereocenters. The van der Waals surface area contributed by atoms with Crippen LogP contribution in [0.5, 0.6) is 0 Å². The molecule has 0 radical (unpaired) electrons. The zero-order chi connectivity index (χ0) is 17.1. The number of amides is 1. The van der Waals surface area contributed by atoms with E-state index in [-0.39, 0.29) is 16.4 Å². The molecule has 1 heterocycles. The number of aromatic nitrogens is 1. The molecular formula is C17H12ClFN2O3. The van der Waals surface area contributed by atoms with Crippen molar-refractivity contribution in [1.29, 1.82) is 0 Å². The molecule has 3 rings (SSSR count). The summed E-state index contributed by atoms with van der Waals surface area (Å²) in [6.45, 7) is -0.513. The monoisotopic (exact) mass is 346 g/mol. The number of nitrogens with one attached hydrogen (secondary N) is 2. The Morgan fingerprint density at radius 1 is 1.17 bits per heavy atom. The number of benzene rings is 2. The Hall–Kier alpha value is -2.86. The van der Waals surface area contributed by atoms with E-state index in [4.69, 9.17) is 16.3 Å². The van der Waals surface area contributed by atoms with Crippen molar-refractivity contribution in [2.45, 2.75) is 0 Å². The van der Waals surface area contributed by atoms with E-state index >= 15 is 0 Å². The average molecular weight is 347 g/mol.